The van der Waals surface area contributed by atoms with Crippen molar-refractivity contribution in [2.75, 3.05) is 6.26 Å². The highest BCUT2D eigenvalue weighted by atomic mass is 32.2. The molecule has 1 heteroatoms. The molecular formula is C15H22S. The highest BCUT2D eigenvalue weighted by Crippen LogP contribution is 2.35. The molecule has 0 aliphatic heterocycles. The van der Waals surface area contributed by atoms with Crippen LogP contribution in [0.3, 0.4) is 0 Å². The van der Waals surface area contributed by atoms with E-state index in [1.165, 1.54) is 31.2 Å². The van der Waals surface area contributed by atoms with Crippen molar-refractivity contribution in [2.45, 2.75) is 44.3 Å². The van der Waals surface area contributed by atoms with E-state index >= 15 is 0 Å². The van der Waals surface area contributed by atoms with Crippen molar-refractivity contribution >= 4 is 11.8 Å². The maximum atomic E-state index is 2.39. The molecule has 0 amide bonds. The first-order valence-corrected chi connectivity index (χ1v) is 7.76. The van der Waals surface area contributed by atoms with Gasteiger partial charge in [0.2, 0.25) is 0 Å². The van der Waals surface area contributed by atoms with Crippen molar-refractivity contribution in [1.82, 2.24) is 0 Å². The zero-order valence-corrected chi connectivity index (χ0v) is 11.2. The fourth-order valence-corrected chi connectivity index (χ4v) is 3.17. The van der Waals surface area contributed by atoms with Crippen molar-refractivity contribution in [3.63, 3.8) is 0 Å². The van der Waals surface area contributed by atoms with Crippen molar-refractivity contribution in [1.29, 1.82) is 0 Å². The van der Waals surface area contributed by atoms with Crippen LogP contribution in [-0.4, -0.2) is 6.26 Å². The number of rotatable bonds is 3. The highest BCUT2D eigenvalue weighted by molar-refractivity contribution is 7.97. The molecule has 0 aromatic heterocycles. The molecule has 0 nitrogen and oxygen atoms in total. The van der Waals surface area contributed by atoms with Crippen LogP contribution in [0.2, 0.25) is 0 Å². The van der Waals surface area contributed by atoms with E-state index in [0.717, 1.165) is 17.6 Å². The van der Waals surface area contributed by atoms with Gasteiger partial charge in [-0.25, -0.2) is 0 Å². The van der Waals surface area contributed by atoms with E-state index in [4.69, 9.17) is 0 Å². The summed E-state index contributed by atoms with van der Waals surface area (Å²) in [5, 5.41) is 0. The van der Waals surface area contributed by atoms with Gasteiger partial charge >= 0.3 is 0 Å². The zero-order valence-electron chi connectivity index (χ0n) is 10.4. The fraction of sp³-hybridized carbons (Fsp3) is 0.600. The normalized spacial score (nSPS) is 25.6. The quantitative estimate of drug-likeness (QED) is 0.721. The second kappa shape index (κ2) is 5.77. The van der Waals surface area contributed by atoms with Gasteiger partial charge in [-0.1, -0.05) is 44.0 Å². The van der Waals surface area contributed by atoms with Crippen molar-refractivity contribution < 1.29 is 0 Å². The fourth-order valence-electron chi connectivity index (χ4n) is 2.65. The van der Waals surface area contributed by atoms with E-state index in [-0.39, 0.29) is 0 Å². The molecule has 1 fully saturated rings. The monoisotopic (exact) mass is 234 g/mol. The van der Waals surface area contributed by atoms with E-state index in [1.54, 1.807) is 5.56 Å². The third-order valence-electron chi connectivity index (χ3n) is 3.78. The predicted molar refractivity (Wildman–Crippen MR) is 74.0 cm³/mol. The summed E-state index contributed by atoms with van der Waals surface area (Å²) in [5.41, 5.74) is 3.03. The molecule has 0 radical (unpaired) electrons. The lowest BCUT2D eigenvalue weighted by atomic mass is 9.79. The van der Waals surface area contributed by atoms with Crippen molar-refractivity contribution in [2.24, 2.45) is 5.92 Å². The zero-order chi connectivity index (χ0) is 11.4. The molecule has 88 valence electrons. The Hall–Kier alpha value is -0.430. The molecule has 0 saturated heterocycles. The molecule has 1 aliphatic carbocycles. The molecule has 0 atom stereocenters. The Balaban J connectivity index is 1.98. The first-order valence-electron chi connectivity index (χ1n) is 6.37. The highest BCUT2D eigenvalue weighted by Gasteiger charge is 2.19. The van der Waals surface area contributed by atoms with Gasteiger partial charge in [0.15, 0.2) is 0 Å². The Bertz CT molecular complexity index is 307. The summed E-state index contributed by atoms with van der Waals surface area (Å²) in [7, 11) is 0. The van der Waals surface area contributed by atoms with E-state index in [9.17, 15) is 0 Å². The average Bonchev–Trinajstić information content (AvgIpc) is 2.32. The molecule has 1 saturated carbocycles. The minimum Gasteiger partial charge on any atom is -0.161 e. The second-order valence-electron chi connectivity index (χ2n) is 5.13. The van der Waals surface area contributed by atoms with Gasteiger partial charge in [-0.3, -0.25) is 0 Å². The lowest BCUT2D eigenvalue weighted by Crippen LogP contribution is -2.10. The Labute approximate surface area is 104 Å². The summed E-state index contributed by atoms with van der Waals surface area (Å²) in [4.78, 5) is 0. The Morgan fingerprint density at radius 1 is 1.06 bits per heavy atom. The van der Waals surface area contributed by atoms with Crippen LogP contribution >= 0.6 is 11.8 Å². The lowest BCUT2D eigenvalue weighted by molar-refractivity contribution is 0.348. The topological polar surface area (TPSA) is 0 Å². The third-order valence-corrected chi connectivity index (χ3v) is 4.40. The summed E-state index contributed by atoms with van der Waals surface area (Å²) in [5.74, 6) is 2.92. The standard InChI is InChI=1S/C15H22S/c1-12-3-7-14(8-4-12)15-9-5-13(6-10-15)11-16-2/h5-6,9-10,12,14H,3-4,7-8,11H2,1-2H3/t12-,14-. The van der Waals surface area contributed by atoms with Crippen molar-refractivity contribution in [3.8, 4) is 0 Å². The average molecular weight is 234 g/mol. The Kier molecular flexibility index (Phi) is 4.34. The Morgan fingerprint density at radius 2 is 1.69 bits per heavy atom. The summed E-state index contributed by atoms with van der Waals surface area (Å²) in [6.07, 6.45) is 7.77. The molecule has 0 bridgehead atoms. The molecule has 0 heterocycles. The summed E-state index contributed by atoms with van der Waals surface area (Å²) in [6.45, 7) is 2.39. The van der Waals surface area contributed by atoms with Gasteiger partial charge < -0.3 is 0 Å². The van der Waals surface area contributed by atoms with Crippen LogP contribution in [0, 0.1) is 5.92 Å². The van der Waals surface area contributed by atoms with Crippen LogP contribution in [0.1, 0.15) is 49.7 Å². The number of benzene rings is 1. The minimum absolute atomic E-state index is 0.833. The predicted octanol–water partition coefficient (Wildman–Crippen LogP) is 4.84. The van der Waals surface area contributed by atoms with Crippen LogP contribution in [0.5, 0.6) is 0 Å². The number of hydrogen-bond acceptors (Lipinski definition) is 1. The molecule has 0 unspecified atom stereocenters. The lowest BCUT2D eigenvalue weighted by Gasteiger charge is -2.26. The van der Waals surface area contributed by atoms with Gasteiger partial charge in [0.25, 0.3) is 0 Å². The first kappa shape index (κ1) is 12.0. The maximum Gasteiger partial charge on any atom is 0.0181 e. The molecule has 1 aliphatic rings. The molecule has 16 heavy (non-hydrogen) atoms. The van der Waals surface area contributed by atoms with Crippen LogP contribution in [0.15, 0.2) is 24.3 Å². The SMILES string of the molecule is CSCc1ccc([C@H]2CC[C@H](C)CC2)cc1. The number of thioether (sulfide) groups is 1. The molecule has 2 rings (SSSR count). The summed E-state index contributed by atoms with van der Waals surface area (Å²) < 4.78 is 0. The smallest absolute Gasteiger partial charge is 0.0181 e. The van der Waals surface area contributed by atoms with E-state index in [1.807, 2.05) is 11.8 Å². The largest absolute Gasteiger partial charge is 0.161 e. The molecule has 1 aromatic rings. The maximum absolute atomic E-state index is 2.39. The van der Waals surface area contributed by atoms with Gasteiger partial charge in [-0.15, -0.1) is 0 Å². The van der Waals surface area contributed by atoms with E-state index < -0.39 is 0 Å². The minimum atomic E-state index is 0.833. The second-order valence-corrected chi connectivity index (χ2v) is 6.00. The van der Waals surface area contributed by atoms with Crippen LogP contribution < -0.4 is 0 Å². The van der Waals surface area contributed by atoms with Gasteiger partial charge in [-0.2, -0.15) is 11.8 Å². The first-order chi connectivity index (χ1) is 7.79. The molecular weight excluding hydrogens is 212 g/mol. The third kappa shape index (κ3) is 3.04. The van der Waals surface area contributed by atoms with Gasteiger partial charge in [0.1, 0.15) is 0 Å². The van der Waals surface area contributed by atoms with Crippen LogP contribution in [0.25, 0.3) is 0 Å². The van der Waals surface area contributed by atoms with Crippen LogP contribution in [-0.2, 0) is 5.75 Å². The van der Waals surface area contributed by atoms with Crippen molar-refractivity contribution in [3.05, 3.63) is 35.4 Å². The van der Waals surface area contributed by atoms with Crippen LogP contribution in [0.4, 0.5) is 0 Å². The van der Waals surface area contributed by atoms with Gasteiger partial charge in [0.05, 0.1) is 0 Å². The molecule has 0 N–H and O–H groups in total. The van der Waals surface area contributed by atoms with Gasteiger partial charge in [0, 0.05) is 5.75 Å². The summed E-state index contributed by atoms with van der Waals surface area (Å²) >= 11 is 1.90. The van der Waals surface area contributed by atoms with E-state index in [2.05, 4.69) is 37.4 Å². The van der Waals surface area contributed by atoms with Gasteiger partial charge in [-0.05, 0) is 42.1 Å². The number of hydrogen-bond donors (Lipinski definition) is 0. The summed E-state index contributed by atoms with van der Waals surface area (Å²) in [6, 6.07) is 9.33. The Morgan fingerprint density at radius 3 is 2.25 bits per heavy atom. The molecule has 1 aromatic carbocycles. The molecule has 0 spiro atoms. The van der Waals surface area contributed by atoms with E-state index in [0.29, 0.717) is 0 Å².